The summed E-state index contributed by atoms with van der Waals surface area (Å²) < 4.78 is 65.9. The van der Waals surface area contributed by atoms with Crippen LogP contribution in [-0.4, -0.2) is 55.0 Å². The molecule has 10 heteroatoms. The third kappa shape index (κ3) is 4.25. The number of alkyl halides is 3. The van der Waals surface area contributed by atoms with Crippen molar-refractivity contribution in [2.75, 3.05) is 31.1 Å². The molecule has 0 saturated carbocycles. The number of rotatable bonds is 4. The van der Waals surface area contributed by atoms with Gasteiger partial charge in [-0.15, -0.1) is 0 Å². The zero-order chi connectivity index (χ0) is 21.4. The molecule has 29 heavy (non-hydrogen) atoms. The van der Waals surface area contributed by atoms with Crippen molar-refractivity contribution >= 4 is 32.8 Å². The van der Waals surface area contributed by atoms with Crippen LogP contribution in [0.15, 0.2) is 47.4 Å². The Hall–Kier alpha value is -1.75. The van der Waals surface area contributed by atoms with Crippen LogP contribution in [0.4, 0.5) is 18.9 Å². The van der Waals surface area contributed by atoms with Crippen LogP contribution in [0.2, 0.25) is 0 Å². The minimum absolute atomic E-state index is 0.155. The summed E-state index contributed by atoms with van der Waals surface area (Å²) in [5.41, 5.74) is -2.52. The molecule has 1 aromatic rings. The lowest BCUT2D eigenvalue weighted by atomic mass is 9.95. The van der Waals surface area contributed by atoms with E-state index in [1.807, 2.05) is 4.90 Å². The van der Waals surface area contributed by atoms with Gasteiger partial charge >= 0.3 is 6.18 Å². The third-order valence-corrected chi connectivity index (χ3v) is 7.66. The molecular formula is C19H21F3N2O3S2. The Kier molecular flexibility index (Phi) is 5.92. The van der Waals surface area contributed by atoms with Gasteiger partial charge in [0.05, 0.1) is 4.91 Å². The van der Waals surface area contributed by atoms with E-state index in [9.17, 15) is 26.7 Å². The minimum atomic E-state index is -4.78. The zero-order valence-electron chi connectivity index (χ0n) is 15.7. The maximum Gasteiger partial charge on any atom is 0.421 e. The van der Waals surface area contributed by atoms with Crippen molar-refractivity contribution in [3.63, 3.8) is 0 Å². The van der Waals surface area contributed by atoms with Crippen LogP contribution in [0, 0.1) is 0 Å². The van der Waals surface area contributed by atoms with Crippen molar-refractivity contribution in [1.82, 2.24) is 4.31 Å². The van der Waals surface area contributed by atoms with Gasteiger partial charge in [-0.05, 0) is 30.7 Å². The Morgan fingerprint density at radius 2 is 1.66 bits per heavy atom. The van der Waals surface area contributed by atoms with E-state index < -0.39 is 21.8 Å². The van der Waals surface area contributed by atoms with E-state index in [1.54, 1.807) is 12.2 Å². The van der Waals surface area contributed by atoms with Crippen molar-refractivity contribution < 1.29 is 26.7 Å². The minimum Gasteiger partial charge on any atom is -0.376 e. The number of hydrogen-bond acceptors (Lipinski definition) is 5. The largest absolute Gasteiger partial charge is 0.421 e. The van der Waals surface area contributed by atoms with Gasteiger partial charge in [0, 0.05) is 43.2 Å². The summed E-state index contributed by atoms with van der Waals surface area (Å²) in [7, 11) is -3.67. The van der Waals surface area contributed by atoms with E-state index >= 15 is 0 Å². The molecule has 0 aromatic heterocycles. The van der Waals surface area contributed by atoms with Gasteiger partial charge in [0.2, 0.25) is 10.0 Å². The number of hydrogen-bond donors (Lipinski definition) is 1. The molecule has 1 aliphatic carbocycles. The van der Waals surface area contributed by atoms with Crippen molar-refractivity contribution in [3.8, 4) is 0 Å². The molecule has 1 unspecified atom stereocenters. The van der Waals surface area contributed by atoms with Gasteiger partial charge in [0.15, 0.2) is 5.60 Å². The fourth-order valence-corrected chi connectivity index (χ4v) is 5.26. The van der Waals surface area contributed by atoms with Gasteiger partial charge in [0.1, 0.15) is 0 Å². The topological polar surface area (TPSA) is 60.9 Å². The van der Waals surface area contributed by atoms with Gasteiger partial charge in [0.25, 0.3) is 0 Å². The van der Waals surface area contributed by atoms with E-state index in [-0.39, 0.29) is 23.6 Å². The highest BCUT2D eigenvalue weighted by molar-refractivity contribution is 7.96. The van der Waals surface area contributed by atoms with E-state index in [4.69, 9.17) is 12.2 Å². The van der Waals surface area contributed by atoms with Crippen molar-refractivity contribution in [1.29, 1.82) is 0 Å². The molecule has 1 heterocycles. The van der Waals surface area contributed by atoms with Crippen LogP contribution < -0.4 is 4.90 Å². The lowest BCUT2D eigenvalue weighted by molar-refractivity contribution is -0.258. The second kappa shape index (κ2) is 7.82. The smallest absolute Gasteiger partial charge is 0.376 e. The lowest BCUT2D eigenvalue weighted by Gasteiger charge is -2.36. The summed E-state index contributed by atoms with van der Waals surface area (Å²) in [6.45, 7) is 1.99. The Morgan fingerprint density at radius 1 is 1.07 bits per heavy atom. The second-order valence-electron chi connectivity index (χ2n) is 7.09. The van der Waals surface area contributed by atoms with Crippen LogP contribution in [0.5, 0.6) is 0 Å². The predicted molar refractivity (Wildman–Crippen MR) is 109 cm³/mol. The van der Waals surface area contributed by atoms with Crippen LogP contribution in [-0.2, 0) is 15.6 Å². The van der Waals surface area contributed by atoms with Crippen LogP contribution in [0.3, 0.4) is 0 Å². The van der Waals surface area contributed by atoms with Crippen molar-refractivity contribution in [3.05, 3.63) is 53.0 Å². The summed E-state index contributed by atoms with van der Waals surface area (Å²) in [4.78, 5) is 2.44. The molecule has 1 saturated heterocycles. The quantitative estimate of drug-likeness (QED) is 0.721. The molecule has 158 valence electrons. The van der Waals surface area contributed by atoms with E-state index in [2.05, 4.69) is 0 Å². The lowest BCUT2D eigenvalue weighted by Crippen LogP contribution is -2.49. The molecule has 0 spiro atoms. The fraction of sp³-hybridized carbons (Fsp3) is 0.421. The van der Waals surface area contributed by atoms with Crippen LogP contribution in [0.1, 0.15) is 18.9 Å². The molecule has 0 amide bonds. The Labute approximate surface area is 173 Å². The first kappa shape index (κ1) is 21.9. The van der Waals surface area contributed by atoms with Crippen LogP contribution in [0.25, 0.3) is 0 Å². The molecule has 5 nitrogen and oxygen atoms in total. The van der Waals surface area contributed by atoms with Crippen molar-refractivity contribution in [2.45, 2.75) is 25.1 Å². The second-order valence-corrected chi connectivity index (χ2v) is 9.49. The summed E-state index contributed by atoms with van der Waals surface area (Å²) in [5.74, 6) is 0. The fourth-order valence-electron chi connectivity index (χ4n) is 3.24. The third-order valence-electron chi connectivity index (χ3n) is 5.16. The number of benzene rings is 1. The number of nitrogens with zero attached hydrogens (tertiary/aromatic N) is 2. The first-order valence-electron chi connectivity index (χ1n) is 8.99. The normalized spacial score (nSPS) is 21.1. The predicted octanol–water partition coefficient (Wildman–Crippen LogP) is 3.12. The molecule has 1 N–H and O–H groups in total. The molecule has 1 atom stereocenters. The highest BCUT2D eigenvalue weighted by atomic mass is 32.2. The first-order chi connectivity index (χ1) is 13.4. The van der Waals surface area contributed by atoms with Gasteiger partial charge < -0.3 is 10.0 Å². The van der Waals surface area contributed by atoms with Gasteiger partial charge in [-0.25, -0.2) is 8.42 Å². The number of thiocarbonyl (C=S) groups is 1. The summed E-state index contributed by atoms with van der Waals surface area (Å²) in [6, 6.07) is 5.49. The summed E-state index contributed by atoms with van der Waals surface area (Å²) >= 11 is 5.18. The molecule has 0 radical (unpaired) electrons. The van der Waals surface area contributed by atoms with E-state index in [0.717, 1.165) is 0 Å². The summed E-state index contributed by atoms with van der Waals surface area (Å²) in [5, 5.41) is 9.76. The standard InChI is InChI=1S/C19H21F3N2O3S2/c1-18(25,19(20,21)22)14-6-8-15(9-7-14)23-10-12-24(13-11-23)29(26,27)17-5-3-2-4-16(17)28/h2-3,5-9,25H,4,10-13H2,1H3. The Morgan fingerprint density at radius 3 is 2.17 bits per heavy atom. The van der Waals surface area contributed by atoms with Gasteiger partial charge in [-0.2, -0.15) is 17.5 Å². The number of piperazine rings is 1. The molecule has 3 rings (SSSR count). The maximum atomic E-state index is 13.0. The molecule has 1 aliphatic heterocycles. The SMILES string of the molecule is CC(O)(c1ccc(N2CCN(S(=O)(=O)C3=CC=CCC3=S)CC2)cc1)C(F)(F)F. The molecule has 0 bridgehead atoms. The summed E-state index contributed by atoms with van der Waals surface area (Å²) in [6.07, 6.45) is 0.640. The van der Waals surface area contributed by atoms with Gasteiger partial charge in [-0.1, -0.05) is 36.5 Å². The zero-order valence-corrected chi connectivity index (χ0v) is 17.3. The highest BCUT2D eigenvalue weighted by Gasteiger charge is 2.51. The van der Waals surface area contributed by atoms with Gasteiger partial charge in [-0.3, -0.25) is 0 Å². The average molecular weight is 447 g/mol. The number of anilines is 1. The number of sulfonamides is 1. The monoisotopic (exact) mass is 446 g/mol. The number of allylic oxidation sites excluding steroid dienone is 4. The highest BCUT2D eigenvalue weighted by Crippen LogP contribution is 2.39. The van der Waals surface area contributed by atoms with E-state index in [1.165, 1.54) is 34.6 Å². The van der Waals surface area contributed by atoms with Crippen molar-refractivity contribution in [2.24, 2.45) is 0 Å². The maximum absolute atomic E-state index is 13.0. The van der Waals surface area contributed by atoms with Crippen LogP contribution >= 0.6 is 12.2 Å². The molecule has 1 aromatic carbocycles. The molecule has 2 aliphatic rings. The average Bonchev–Trinajstić information content (AvgIpc) is 2.67. The number of aliphatic hydroxyl groups is 1. The molecular weight excluding hydrogens is 425 g/mol. The Bertz CT molecular complexity index is 944. The van der Waals surface area contributed by atoms with E-state index in [0.29, 0.717) is 37.0 Å². The number of halogens is 3. The molecule has 1 fully saturated rings. The Balaban J connectivity index is 1.69. The first-order valence-corrected chi connectivity index (χ1v) is 10.8.